The Kier molecular flexibility index (Phi) is 5.65. The third-order valence-corrected chi connectivity index (χ3v) is 5.45. The molecule has 2 rings (SSSR count). The molecule has 2 nitrogen and oxygen atoms in total. The Morgan fingerprint density at radius 1 is 1.20 bits per heavy atom. The number of nitrogens with zero attached hydrogens (tertiary/aromatic N) is 1. The highest BCUT2D eigenvalue weighted by Crippen LogP contribution is 2.31. The fourth-order valence-corrected chi connectivity index (χ4v) is 3.85. The van der Waals surface area contributed by atoms with Gasteiger partial charge < -0.3 is 10.2 Å². The maximum Gasteiger partial charge on any atom is 0.0328 e. The number of rotatable bonds is 5. The molecule has 0 atom stereocenters. The minimum absolute atomic E-state index is 0.357. The molecular formula is C17H27BrN2. The van der Waals surface area contributed by atoms with Gasteiger partial charge in [-0.25, -0.2) is 0 Å². The fourth-order valence-electron chi connectivity index (χ4n) is 3.22. The number of benzene rings is 1. The molecule has 0 bridgehead atoms. The van der Waals surface area contributed by atoms with Crippen molar-refractivity contribution >= 4 is 15.9 Å². The van der Waals surface area contributed by atoms with Crippen LogP contribution < -0.4 is 5.32 Å². The summed E-state index contributed by atoms with van der Waals surface area (Å²) < 4.78 is 1.22. The topological polar surface area (TPSA) is 15.3 Å². The zero-order valence-corrected chi connectivity index (χ0v) is 14.6. The molecule has 0 spiro atoms. The zero-order chi connectivity index (χ0) is 14.6. The summed E-state index contributed by atoms with van der Waals surface area (Å²) in [6.45, 7) is 4.15. The summed E-state index contributed by atoms with van der Waals surface area (Å²) >= 11 is 3.67. The van der Waals surface area contributed by atoms with Crippen LogP contribution in [-0.2, 0) is 6.54 Å². The van der Waals surface area contributed by atoms with E-state index in [1.54, 1.807) is 0 Å². The lowest BCUT2D eigenvalue weighted by molar-refractivity contribution is 0.0984. The first kappa shape index (κ1) is 16.0. The van der Waals surface area contributed by atoms with Crippen LogP contribution in [0.3, 0.4) is 0 Å². The summed E-state index contributed by atoms with van der Waals surface area (Å²) in [5.74, 6) is 0. The molecule has 0 amide bonds. The van der Waals surface area contributed by atoms with Crippen molar-refractivity contribution in [2.45, 2.75) is 51.1 Å². The van der Waals surface area contributed by atoms with E-state index >= 15 is 0 Å². The van der Waals surface area contributed by atoms with E-state index in [1.165, 1.54) is 47.7 Å². The summed E-state index contributed by atoms with van der Waals surface area (Å²) in [5.41, 5.74) is 3.01. The van der Waals surface area contributed by atoms with Crippen molar-refractivity contribution in [2.24, 2.45) is 0 Å². The van der Waals surface area contributed by atoms with Crippen molar-refractivity contribution in [3.05, 3.63) is 33.8 Å². The van der Waals surface area contributed by atoms with Crippen LogP contribution in [0, 0.1) is 6.92 Å². The van der Waals surface area contributed by atoms with Crippen molar-refractivity contribution in [2.75, 3.05) is 20.6 Å². The molecule has 1 N–H and O–H groups in total. The Morgan fingerprint density at radius 2 is 1.90 bits per heavy atom. The zero-order valence-electron chi connectivity index (χ0n) is 13.0. The predicted octanol–water partition coefficient (Wildman–Crippen LogP) is 4.11. The van der Waals surface area contributed by atoms with Gasteiger partial charge in [0.25, 0.3) is 0 Å². The first-order chi connectivity index (χ1) is 9.53. The fraction of sp³-hybridized carbons (Fsp3) is 0.647. The Morgan fingerprint density at radius 3 is 2.50 bits per heavy atom. The number of aryl methyl sites for hydroxylation is 1. The Labute approximate surface area is 132 Å². The van der Waals surface area contributed by atoms with Gasteiger partial charge in [0.2, 0.25) is 0 Å². The van der Waals surface area contributed by atoms with E-state index in [9.17, 15) is 0 Å². The van der Waals surface area contributed by atoms with Gasteiger partial charge in [0.1, 0.15) is 0 Å². The van der Waals surface area contributed by atoms with Crippen molar-refractivity contribution in [3.8, 4) is 0 Å². The van der Waals surface area contributed by atoms with Crippen LogP contribution >= 0.6 is 15.9 Å². The van der Waals surface area contributed by atoms with Gasteiger partial charge in [-0.3, -0.25) is 0 Å². The number of nitrogens with one attached hydrogen (secondary N) is 1. The van der Waals surface area contributed by atoms with E-state index in [0.29, 0.717) is 5.54 Å². The van der Waals surface area contributed by atoms with Gasteiger partial charge >= 0.3 is 0 Å². The summed E-state index contributed by atoms with van der Waals surface area (Å²) in [5, 5.41) is 3.68. The van der Waals surface area contributed by atoms with Gasteiger partial charge in [-0.2, -0.15) is 0 Å². The second kappa shape index (κ2) is 7.06. The molecule has 20 heavy (non-hydrogen) atoms. The molecule has 0 aromatic heterocycles. The van der Waals surface area contributed by atoms with Crippen LogP contribution in [0.1, 0.15) is 43.2 Å². The minimum atomic E-state index is 0.357. The molecule has 1 aliphatic carbocycles. The molecule has 1 fully saturated rings. The van der Waals surface area contributed by atoms with E-state index < -0.39 is 0 Å². The monoisotopic (exact) mass is 338 g/mol. The molecule has 0 saturated heterocycles. The highest BCUT2D eigenvalue weighted by molar-refractivity contribution is 9.10. The molecular weight excluding hydrogens is 312 g/mol. The quantitative estimate of drug-likeness (QED) is 0.868. The van der Waals surface area contributed by atoms with Crippen LogP contribution in [-0.4, -0.2) is 31.1 Å². The molecule has 1 aliphatic rings. The van der Waals surface area contributed by atoms with Crippen molar-refractivity contribution in [1.82, 2.24) is 10.2 Å². The maximum atomic E-state index is 3.68. The predicted molar refractivity (Wildman–Crippen MR) is 90.1 cm³/mol. The SMILES string of the molecule is Cc1ccc(CNCC2(N(C)C)CCCCC2)c(Br)c1. The largest absolute Gasteiger partial charge is 0.311 e. The average molecular weight is 339 g/mol. The second-order valence-corrected chi connectivity index (χ2v) is 7.23. The van der Waals surface area contributed by atoms with Gasteiger partial charge in [0.05, 0.1) is 0 Å². The lowest BCUT2D eigenvalue weighted by Crippen LogP contribution is -2.52. The van der Waals surface area contributed by atoms with Crippen LogP contribution in [0.4, 0.5) is 0 Å². The average Bonchev–Trinajstić information content (AvgIpc) is 2.42. The molecule has 1 aromatic carbocycles. The van der Waals surface area contributed by atoms with E-state index in [0.717, 1.165) is 13.1 Å². The normalized spacial score (nSPS) is 18.4. The minimum Gasteiger partial charge on any atom is -0.311 e. The lowest BCUT2D eigenvalue weighted by Gasteiger charge is -2.43. The van der Waals surface area contributed by atoms with E-state index in [1.807, 2.05) is 0 Å². The Hall–Kier alpha value is -0.380. The summed E-state index contributed by atoms with van der Waals surface area (Å²) in [6.07, 6.45) is 6.78. The molecule has 0 unspecified atom stereocenters. The first-order valence-corrected chi connectivity index (χ1v) is 8.46. The third kappa shape index (κ3) is 3.84. The Balaban J connectivity index is 1.93. The van der Waals surface area contributed by atoms with Gasteiger partial charge in [-0.1, -0.05) is 47.3 Å². The standard InChI is InChI=1S/C17H27BrN2/c1-14-7-8-15(16(18)11-14)12-19-13-17(20(2)3)9-5-4-6-10-17/h7-8,11,19H,4-6,9-10,12-13H2,1-3H3. The van der Waals surface area contributed by atoms with Crippen molar-refractivity contribution in [1.29, 1.82) is 0 Å². The van der Waals surface area contributed by atoms with Crippen LogP contribution in [0.25, 0.3) is 0 Å². The number of halogens is 1. The molecule has 1 aromatic rings. The van der Waals surface area contributed by atoms with E-state index in [-0.39, 0.29) is 0 Å². The van der Waals surface area contributed by atoms with Gasteiger partial charge in [0, 0.05) is 23.1 Å². The van der Waals surface area contributed by atoms with E-state index in [4.69, 9.17) is 0 Å². The molecule has 1 saturated carbocycles. The maximum absolute atomic E-state index is 3.68. The van der Waals surface area contributed by atoms with Crippen molar-refractivity contribution in [3.63, 3.8) is 0 Å². The van der Waals surface area contributed by atoms with Crippen LogP contribution in [0.15, 0.2) is 22.7 Å². The highest BCUT2D eigenvalue weighted by atomic mass is 79.9. The summed E-state index contributed by atoms with van der Waals surface area (Å²) in [6, 6.07) is 6.60. The smallest absolute Gasteiger partial charge is 0.0328 e. The Bertz CT molecular complexity index is 437. The summed E-state index contributed by atoms with van der Waals surface area (Å²) in [4.78, 5) is 2.43. The van der Waals surface area contributed by atoms with E-state index in [2.05, 4.69) is 65.4 Å². The summed E-state index contributed by atoms with van der Waals surface area (Å²) in [7, 11) is 4.46. The number of hydrogen-bond acceptors (Lipinski definition) is 2. The highest BCUT2D eigenvalue weighted by Gasteiger charge is 2.33. The van der Waals surface area contributed by atoms with Crippen molar-refractivity contribution < 1.29 is 0 Å². The number of likely N-dealkylation sites (N-methyl/N-ethyl adjacent to an activating group) is 1. The van der Waals surface area contributed by atoms with Crippen LogP contribution in [0.5, 0.6) is 0 Å². The van der Waals surface area contributed by atoms with Gasteiger partial charge in [0.15, 0.2) is 0 Å². The van der Waals surface area contributed by atoms with Gasteiger partial charge in [-0.05, 0) is 51.1 Å². The molecule has 3 heteroatoms. The number of hydrogen-bond donors (Lipinski definition) is 1. The lowest BCUT2D eigenvalue weighted by atomic mass is 9.80. The van der Waals surface area contributed by atoms with Crippen LogP contribution in [0.2, 0.25) is 0 Å². The van der Waals surface area contributed by atoms with Gasteiger partial charge in [-0.15, -0.1) is 0 Å². The third-order valence-electron chi connectivity index (χ3n) is 4.71. The molecule has 0 radical (unpaired) electrons. The molecule has 112 valence electrons. The first-order valence-electron chi connectivity index (χ1n) is 7.67. The molecule has 0 heterocycles. The second-order valence-electron chi connectivity index (χ2n) is 6.38. The molecule has 0 aliphatic heterocycles.